The minimum atomic E-state index is -0.836. The van der Waals surface area contributed by atoms with E-state index in [-0.39, 0.29) is 12.5 Å². The fraction of sp³-hybridized carbons (Fsp3) is 0.848. The Hall–Kier alpha value is -1.13. The lowest BCUT2D eigenvalue weighted by atomic mass is 10.1. The lowest BCUT2D eigenvalue weighted by molar-refractivity contribution is -0.123. The molecule has 4 heteroatoms. The number of nitrogens with one attached hydrogen (secondary N) is 1. The molecule has 0 radical (unpaired) electrons. The Bertz CT molecular complexity index is 532. The largest absolute Gasteiger partial charge is 0.394 e. The molecule has 0 saturated carbocycles. The van der Waals surface area contributed by atoms with Crippen LogP contribution in [0, 0.1) is 0 Å². The van der Waals surface area contributed by atoms with Gasteiger partial charge in [-0.2, -0.15) is 0 Å². The van der Waals surface area contributed by atoms with Crippen LogP contribution in [0.15, 0.2) is 24.3 Å². The number of hydrogen-bond donors (Lipinski definition) is 3. The van der Waals surface area contributed by atoms with Crippen molar-refractivity contribution in [2.75, 3.05) is 6.61 Å². The Morgan fingerprint density at radius 2 is 1.03 bits per heavy atom. The highest BCUT2D eigenvalue weighted by atomic mass is 16.3. The monoisotopic (exact) mass is 521 g/mol. The van der Waals surface area contributed by atoms with Gasteiger partial charge in [-0.1, -0.05) is 134 Å². The van der Waals surface area contributed by atoms with Crippen LogP contribution in [0.1, 0.15) is 162 Å². The van der Waals surface area contributed by atoms with Crippen LogP contribution in [0.4, 0.5) is 0 Å². The first-order valence-corrected chi connectivity index (χ1v) is 16.1. The number of carbonyl (C=O) groups is 1. The topological polar surface area (TPSA) is 69.6 Å². The molecular weight excluding hydrogens is 458 g/mol. The van der Waals surface area contributed by atoms with Crippen LogP contribution in [0.3, 0.4) is 0 Å². The molecule has 1 amide bonds. The molecule has 0 bridgehead atoms. The van der Waals surface area contributed by atoms with Gasteiger partial charge in [-0.3, -0.25) is 4.79 Å². The predicted octanol–water partition coefficient (Wildman–Crippen LogP) is 8.95. The van der Waals surface area contributed by atoms with Crippen molar-refractivity contribution in [1.29, 1.82) is 0 Å². The van der Waals surface area contributed by atoms with Crippen molar-refractivity contribution in [1.82, 2.24) is 5.32 Å². The third-order valence-electron chi connectivity index (χ3n) is 7.18. The second-order valence-corrected chi connectivity index (χ2v) is 10.9. The van der Waals surface area contributed by atoms with Gasteiger partial charge < -0.3 is 15.5 Å². The molecule has 0 aliphatic carbocycles. The summed E-state index contributed by atoms with van der Waals surface area (Å²) in [4.78, 5) is 12.2. The smallest absolute Gasteiger partial charge is 0.220 e. The van der Waals surface area contributed by atoms with E-state index in [1.54, 1.807) is 6.08 Å². The van der Waals surface area contributed by atoms with Crippen LogP contribution in [0.5, 0.6) is 0 Å². The van der Waals surface area contributed by atoms with Crippen molar-refractivity contribution in [3.8, 4) is 0 Å². The summed E-state index contributed by atoms with van der Waals surface area (Å²) in [5, 5.41) is 22.7. The van der Waals surface area contributed by atoms with E-state index in [0.29, 0.717) is 6.42 Å². The molecular formula is C33H63NO3. The van der Waals surface area contributed by atoms with Crippen LogP contribution in [0.25, 0.3) is 0 Å². The normalized spacial score (nSPS) is 13.5. The summed E-state index contributed by atoms with van der Waals surface area (Å²) in [6, 6.07) is -0.620. The summed E-state index contributed by atoms with van der Waals surface area (Å²) in [6.07, 6.45) is 35.3. The zero-order valence-corrected chi connectivity index (χ0v) is 24.7. The molecule has 0 aliphatic rings. The van der Waals surface area contributed by atoms with Crippen molar-refractivity contribution < 1.29 is 15.0 Å². The van der Waals surface area contributed by atoms with E-state index in [4.69, 9.17) is 0 Å². The number of carbonyl (C=O) groups excluding carboxylic acids is 1. The number of hydrogen-bond acceptors (Lipinski definition) is 3. The summed E-state index contributed by atoms with van der Waals surface area (Å²) in [6.45, 7) is 4.26. The lowest BCUT2D eigenvalue weighted by Gasteiger charge is -2.20. The lowest BCUT2D eigenvalue weighted by Crippen LogP contribution is -2.45. The Kier molecular flexibility index (Phi) is 28.5. The van der Waals surface area contributed by atoms with E-state index in [2.05, 4.69) is 31.3 Å². The Labute approximate surface area is 230 Å². The highest BCUT2D eigenvalue weighted by Gasteiger charge is 2.17. The molecule has 0 aromatic rings. The molecule has 3 N–H and O–H groups in total. The molecule has 0 spiro atoms. The van der Waals surface area contributed by atoms with Gasteiger partial charge in [-0.05, 0) is 44.9 Å². The van der Waals surface area contributed by atoms with Gasteiger partial charge in [-0.15, -0.1) is 0 Å². The third-order valence-corrected chi connectivity index (χ3v) is 7.18. The summed E-state index contributed by atoms with van der Waals surface area (Å²) in [5.41, 5.74) is 0. The van der Waals surface area contributed by atoms with E-state index >= 15 is 0 Å². The number of aliphatic hydroxyl groups is 2. The fourth-order valence-electron chi connectivity index (χ4n) is 4.64. The average Bonchev–Trinajstić information content (AvgIpc) is 2.90. The second-order valence-electron chi connectivity index (χ2n) is 10.9. The van der Waals surface area contributed by atoms with Crippen LogP contribution in [-0.2, 0) is 4.79 Å². The van der Waals surface area contributed by atoms with Gasteiger partial charge in [0.1, 0.15) is 0 Å². The zero-order chi connectivity index (χ0) is 27.2. The molecule has 0 aromatic heterocycles. The van der Waals surface area contributed by atoms with E-state index in [0.717, 1.165) is 32.1 Å². The van der Waals surface area contributed by atoms with Gasteiger partial charge in [0.2, 0.25) is 5.91 Å². The van der Waals surface area contributed by atoms with Crippen molar-refractivity contribution in [2.24, 2.45) is 0 Å². The van der Waals surface area contributed by atoms with Crippen molar-refractivity contribution in [2.45, 2.75) is 174 Å². The van der Waals surface area contributed by atoms with Crippen LogP contribution < -0.4 is 5.32 Å². The number of unbranched alkanes of at least 4 members (excludes halogenated alkanes) is 19. The van der Waals surface area contributed by atoms with Crippen molar-refractivity contribution in [3.05, 3.63) is 24.3 Å². The molecule has 0 aromatic carbocycles. The Morgan fingerprint density at radius 1 is 0.622 bits per heavy atom. The molecule has 0 saturated heterocycles. The molecule has 0 aliphatic heterocycles. The second kappa shape index (κ2) is 29.4. The number of allylic oxidation sites excluding steroid dienone is 3. The first-order valence-electron chi connectivity index (χ1n) is 16.1. The Balaban J connectivity index is 3.67. The van der Waals surface area contributed by atoms with E-state index < -0.39 is 12.1 Å². The maximum atomic E-state index is 12.2. The molecule has 0 heterocycles. The minimum absolute atomic E-state index is 0.0767. The molecule has 218 valence electrons. The van der Waals surface area contributed by atoms with E-state index in [9.17, 15) is 15.0 Å². The summed E-state index contributed by atoms with van der Waals surface area (Å²) in [7, 11) is 0. The molecule has 2 unspecified atom stereocenters. The standard InChI is InChI=1S/C33H63NO3/c1-3-5-7-9-11-13-15-16-17-18-19-21-23-25-27-29-33(37)34-31(30-35)32(36)28-26-24-22-20-14-12-10-8-6-4-2/h16-17,26,28,31-32,35-36H,3-15,18-25,27,29-30H2,1-2H3,(H,34,37)/b17-16-,28-26+. The average molecular weight is 522 g/mol. The maximum absolute atomic E-state index is 12.2. The number of amides is 1. The van der Waals surface area contributed by atoms with Gasteiger partial charge in [-0.25, -0.2) is 0 Å². The number of aliphatic hydroxyl groups excluding tert-OH is 2. The quantitative estimate of drug-likeness (QED) is 0.0711. The summed E-state index contributed by atoms with van der Waals surface area (Å²) < 4.78 is 0. The Morgan fingerprint density at radius 3 is 1.49 bits per heavy atom. The van der Waals surface area contributed by atoms with E-state index in [1.165, 1.54) is 109 Å². The van der Waals surface area contributed by atoms with Crippen LogP contribution in [-0.4, -0.2) is 34.9 Å². The summed E-state index contributed by atoms with van der Waals surface area (Å²) in [5.74, 6) is -0.0767. The SMILES string of the molecule is CCCCCCCC/C=C\CCCCCCCC(=O)NC(CO)C(O)/C=C/CCCCCCCCCC. The van der Waals surface area contributed by atoms with E-state index in [1.807, 2.05) is 6.08 Å². The molecule has 0 rings (SSSR count). The first kappa shape index (κ1) is 35.9. The van der Waals surface area contributed by atoms with Gasteiger partial charge in [0, 0.05) is 6.42 Å². The zero-order valence-electron chi connectivity index (χ0n) is 24.7. The predicted molar refractivity (Wildman–Crippen MR) is 161 cm³/mol. The molecule has 2 atom stereocenters. The molecule has 4 nitrogen and oxygen atoms in total. The highest BCUT2D eigenvalue weighted by Crippen LogP contribution is 2.11. The number of rotatable bonds is 28. The third kappa shape index (κ3) is 26.3. The highest BCUT2D eigenvalue weighted by molar-refractivity contribution is 5.76. The van der Waals surface area contributed by atoms with Gasteiger partial charge in [0.25, 0.3) is 0 Å². The van der Waals surface area contributed by atoms with Crippen LogP contribution >= 0.6 is 0 Å². The maximum Gasteiger partial charge on any atom is 0.220 e. The van der Waals surface area contributed by atoms with Gasteiger partial charge >= 0.3 is 0 Å². The molecule has 37 heavy (non-hydrogen) atoms. The van der Waals surface area contributed by atoms with Crippen molar-refractivity contribution in [3.63, 3.8) is 0 Å². The van der Waals surface area contributed by atoms with Gasteiger partial charge in [0.15, 0.2) is 0 Å². The van der Waals surface area contributed by atoms with Gasteiger partial charge in [0.05, 0.1) is 18.8 Å². The van der Waals surface area contributed by atoms with Crippen LogP contribution in [0.2, 0.25) is 0 Å². The first-order chi connectivity index (χ1) is 18.2. The minimum Gasteiger partial charge on any atom is -0.394 e. The fourth-order valence-corrected chi connectivity index (χ4v) is 4.64. The molecule has 0 fully saturated rings. The van der Waals surface area contributed by atoms with Crippen molar-refractivity contribution >= 4 is 5.91 Å². The summed E-state index contributed by atoms with van der Waals surface area (Å²) >= 11 is 0.